The zero-order chi connectivity index (χ0) is 13.9. The van der Waals surface area contributed by atoms with E-state index in [1.807, 2.05) is 0 Å². The van der Waals surface area contributed by atoms with Gasteiger partial charge in [-0.05, 0) is 6.07 Å². The van der Waals surface area contributed by atoms with Crippen LogP contribution in [-0.4, -0.2) is 25.3 Å². The number of rotatable bonds is 4. The monoisotopic (exact) mass is 274 g/mol. The molecule has 0 radical (unpaired) electrons. The van der Waals surface area contributed by atoms with Crippen molar-refractivity contribution >= 4 is 5.78 Å². The minimum atomic E-state index is -4.52. The van der Waals surface area contributed by atoms with Gasteiger partial charge in [0.05, 0.1) is 18.8 Å². The molecule has 0 N–H and O–H groups in total. The van der Waals surface area contributed by atoms with E-state index in [2.05, 4.69) is 0 Å². The molecule has 3 nitrogen and oxygen atoms in total. The summed E-state index contributed by atoms with van der Waals surface area (Å²) in [5.41, 5.74) is -1.19. The molecule has 0 atom stereocenters. The molecule has 0 saturated carbocycles. The molecular formula is C13H13F3O3. The van der Waals surface area contributed by atoms with Crippen LogP contribution in [0.1, 0.15) is 28.8 Å². The average Bonchev–Trinajstić information content (AvgIpc) is 2.88. The largest absolute Gasteiger partial charge is 0.417 e. The van der Waals surface area contributed by atoms with Gasteiger partial charge >= 0.3 is 6.18 Å². The molecule has 1 aromatic carbocycles. The topological polar surface area (TPSA) is 35.5 Å². The van der Waals surface area contributed by atoms with Crippen molar-refractivity contribution < 1.29 is 27.4 Å². The second-order valence-corrected chi connectivity index (χ2v) is 4.18. The zero-order valence-electron chi connectivity index (χ0n) is 10.1. The van der Waals surface area contributed by atoms with E-state index >= 15 is 0 Å². The number of carbonyl (C=O) groups excluding carboxylic acids is 1. The summed E-state index contributed by atoms with van der Waals surface area (Å²) >= 11 is 0. The third-order valence-electron chi connectivity index (χ3n) is 2.83. The third kappa shape index (κ3) is 3.54. The Morgan fingerprint density at radius 2 is 1.84 bits per heavy atom. The van der Waals surface area contributed by atoms with Crippen LogP contribution in [0.25, 0.3) is 0 Å². The van der Waals surface area contributed by atoms with Crippen molar-refractivity contribution in [1.82, 2.24) is 0 Å². The van der Waals surface area contributed by atoms with Crippen LogP contribution in [0.4, 0.5) is 13.2 Å². The summed E-state index contributed by atoms with van der Waals surface area (Å²) in [5, 5.41) is 0. The van der Waals surface area contributed by atoms with Gasteiger partial charge < -0.3 is 9.47 Å². The highest BCUT2D eigenvalue weighted by Gasteiger charge is 2.34. The van der Waals surface area contributed by atoms with Gasteiger partial charge in [0.15, 0.2) is 12.1 Å². The van der Waals surface area contributed by atoms with Crippen molar-refractivity contribution in [1.29, 1.82) is 0 Å². The van der Waals surface area contributed by atoms with E-state index in [0.29, 0.717) is 13.2 Å². The molecule has 6 heteroatoms. The number of hydrogen-bond acceptors (Lipinski definition) is 3. The van der Waals surface area contributed by atoms with Crippen molar-refractivity contribution in [2.75, 3.05) is 13.2 Å². The summed E-state index contributed by atoms with van der Waals surface area (Å²) in [5.74, 6) is -0.549. The Labute approximate surface area is 108 Å². The van der Waals surface area contributed by atoms with Crippen molar-refractivity contribution in [3.05, 3.63) is 35.4 Å². The number of benzene rings is 1. The van der Waals surface area contributed by atoms with Crippen LogP contribution in [0.3, 0.4) is 0 Å². The first kappa shape index (κ1) is 14.0. The number of carbonyl (C=O) groups is 1. The zero-order valence-corrected chi connectivity index (χ0v) is 10.1. The van der Waals surface area contributed by atoms with Gasteiger partial charge in [-0.2, -0.15) is 13.2 Å². The van der Waals surface area contributed by atoms with E-state index < -0.39 is 23.8 Å². The van der Waals surface area contributed by atoms with E-state index in [9.17, 15) is 18.0 Å². The average molecular weight is 274 g/mol. The smallest absolute Gasteiger partial charge is 0.350 e. The lowest BCUT2D eigenvalue weighted by Crippen LogP contribution is -2.15. The second-order valence-electron chi connectivity index (χ2n) is 4.18. The molecule has 1 fully saturated rings. The SMILES string of the molecule is O=C(CCC1OCCO1)c1ccccc1C(F)(F)F. The van der Waals surface area contributed by atoms with Crippen LogP contribution < -0.4 is 0 Å². The first-order valence-electron chi connectivity index (χ1n) is 5.91. The lowest BCUT2D eigenvalue weighted by atomic mass is 10.00. The molecule has 1 aliphatic heterocycles. The van der Waals surface area contributed by atoms with E-state index in [-0.39, 0.29) is 18.4 Å². The summed E-state index contributed by atoms with van der Waals surface area (Å²) < 4.78 is 48.5. The van der Waals surface area contributed by atoms with E-state index in [1.165, 1.54) is 18.2 Å². The molecule has 104 valence electrons. The van der Waals surface area contributed by atoms with Crippen LogP contribution in [0, 0.1) is 0 Å². The summed E-state index contributed by atoms with van der Waals surface area (Å²) in [6, 6.07) is 4.80. The minimum absolute atomic E-state index is 0.0300. The third-order valence-corrected chi connectivity index (χ3v) is 2.83. The van der Waals surface area contributed by atoms with Crippen LogP contribution in [-0.2, 0) is 15.7 Å². The lowest BCUT2D eigenvalue weighted by Gasteiger charge is -2.12. The Balaban J connectivity index is 2.06. The molecule has 1 saturated heterocycles. The standard InChI is InChI=1S/C13H13F3O3/c14-13(15,16)10-4-2-1-3-9(10)11(17)5-6-12-18-7-8-19-12/h1-4,12H,5-8H2. The maximum absolute atomic E-state index is 12.7. The Morgan fingerprint density at radius 3 is 2.47 bits per heavy atom. The molecule has 0 aliphatic carbocycles. The van der Waals surface area contributed by atoms with Gasteiger partial charge in [-0.3, -0.25) is 4.79 Å². The molecule has 19 heavy (non-hydrogen) atoms. The van der Waals surface area contributed by atoms with E-state index in [0.717, 1.165) is 6.07 Å². The molecular weight excluding hydrogens is 261 g/mol. The predicted molar refractivity (Wildman–Crippen MR) is 60.7 cm³/mol. The van der Waals surface area contributed by atoms with Gasteiger partial charge in [0.1, 0.15) is 0 Å². The van der Waals surface area contributed by atoms with E-state index in [1.54, 1.807) is 0 Å². The van der Waals surface area contributed by atoms with E-state index in [4.69, 9.17) is 9.47 Å². The Hall–Kier alpha value is -1.40. The molecule has 0 unspecified atom stereocenters. The van der Waals surface area contributed by atoms with Gasteiger partial charge in [-0.25, -0.2) is 0 Å². The number of alkyl halides is 3. The fraction of sp³-hybridized carbons (Fsp3) is 0.462. The second kappa shape index (κ2) is 5.71. The summed E-state index contributed by atoms with van der Waals surface area (Å²) in [4.78, 5) is 11.9. The molecule has 0 spiro atoms. The number of halogens is 3. The predicted octanol–water partition coefficient (Wildman–Crippen LogP) is 3.04. The van der Waals surface area contributed by atoms with Crippen LogP contribution in [0.2, 0.25) is 0 Å². The molecule has 2 rings (SSSR count). The number of Topliss-reactive ketones (excluding diaryl/α,β-unsaturated/α-hetero) is 1. The maximum atomic E-state index is 12.7. The minimum Gasteiger partial charge on any atom is -0.350 e. The van der Waals surface area contributed by atoms with Crippen LogP contribution in [0.5, 0.6) is 0 Å². The Morgan fingerprint density at radius 1 is 1.21 bits per heavy atom. The number of hydrogen-bond donors (Lipinski definition) is 0. The molecule has 0 bridgehead atoms. The quantitative estimate of drug-likeness (QED) is 0.792. The van der Waals surface area contributed by atoms with Gasteiger partial charge in [-0.1, -0.05) is 18.2 Å². The summed E-state index contributed by atoms with van der Waals surface area (Å²) in [6.07, 6.45) is -4.77. The Kier molecular flexibility index (Phi) is 4.21. The first-order valence-corrected chi connectivity index (χ1v) is 5.91. The summed E-state index contributed by atoms with van der Waals surface area (Å²) in [6.45, 7) is 0.913. The molecule has 0 amide bonds. The van der Waals surface area contributed by atoms with Crippen molar-refractivity contribution in [2.45, 2.75) is 25.3 Å². The highest BCUT2D eigenvalue weighted by atomic mass is 19.4. The first-order chi connectivity index (χ1) is 8.98. The summed E-state index contributed by atoms with van der Waals surface area (Å²) in [7, 11) is 0. The fourth-order valence-corrected chi connectivity index (χ4v) is 1.93. The van der Waals surface area contributed by atoms with Crippen molar-refractivity contribution in [3.63, 3.8) is 0 Å². The van der Waals surface area contributed by atoms with Gasteiger partial charge in [0.25, 0.3) is 0 Å². The number of ketones is 1. The molecule has 1 aliphatic rings. The van der Waals surface area contributed by atoms with Crippen molar-refractivity contribution in [3.8, 4) is 0 Å². The normalized spacial score (nSPS) is 16.8. The fourth-order valence-electron chi connectivity index (χ4n) is 1.93. The number of ether oxygens (including phenoxy) is 2. The van der Waals surface area contributed by atoms with Crippen molar-refractivity contribution in [2.24, 2.45) is 0 Å². The molecule has 1 aromatic rings. The highest BCUT2D eigenvalue weighted by molar-refractivity contribution is 5.97. The lowest BCUT2D eigenvalue weighted by molar-refractivity contribution is -0.137. The van der Waals surface area contributed by atoms with Gasteiger partial charge in [0.2, 0.25) is 0 Å². The molecule has 0 aromatic heterocycles. The van der Waals surface area contributed by atoms with Crippen LogP contribution >= 0.6 is 0 Å². The highest BCUT2D eigenvalue weighted by Crippen LogP contribution is 2.32. The molecule has 1 heterocycles. The van der Waals surface area contributed by atoms with Gasteiger partial charge in [0, 0.05) is 18.4 Å². The maximum Gasteiger partial charge on any atom is 0.417 e. The van der Waals surface area contributed by atoms with Crippen LogP contribution in [0.15, 0.2) is 24.3 Å². The Bertz CT molecular complexity index is 451. The van der Waals surface area contributed by atoms with Gasteiger partial charge in [-0.15, -0.1) is 0 Å².